The van der Waals surface area contributed by atoms with Crippen LogP contribution < -0.4 is 31.9 Å². The van der Waals surface area contributed by atoms with E-state index in [0.29, 0.717) is 165 Å². The molecule has 3 fully saturated rings. The quantitative estimate of drug-likeness (QED) is 0.0271. The first-order valence-electron chi connectivity index (χ1n) is 46.0. The fraction of sp³-hybridized carbons (Fsp3) is 0.526. The van der Waals surface area contributed by atoms with Gasteiger partial charge in [-0.15, -0.1) is 13.2 Å². The summed E-state index contributed by atoms with van der Waals surface area (Å²) >= 11 is 35.7. The van der Waals surface area contributed by atoms with Gasteiger partial charge >= 0.3 is 6.18 Å². The molecule has 2 saturated heterocycles. The maximum absolute atomic E-state index is 13.0. The van der Waals surface area contributed by atoms with Crippen molar-refractivity contribution in [2.24, 2.45) is 27.6 Å². The molecule has 0 aromatic carbocycles. The first-order chi connectivity index (χ1) is 64.5. The van der Waals surface area contributed by atoms with Crippen LogP contribution >= 0.6 is 69.6 Å². The number of anilines is 6. The number of pyridine rings is 6. The Hall–Kier alpha value is -10.5. The molecule has 138 heavy (non-hydrogen) atoms. The summed E-state index contributed by atoms with van der Waals surface area (Å²) in [6.45, 7) is 46.9. The summed E-state index contributed by atoms with van der Waals surface area (Å²) in [6.07, 6.45) is 11.3. The second-order valence-electron chi connectivity index (χ2n) is 41.2. The van der Waals surface area contributed by atoms with Crippen molar-refractivity contribution in [2.45, 2.75) is 289 Å². The number of hydrogen-bond donors (Lipinski definition) is 6. The van der Waals surface area contributed by atoms with Crippen molar-refractivity contribution in [2.75, 3.05) is 45.1 Å². The molecule has 32 nitrogen and oxygen atoms in total. The zero-order valence-electron chi connectivity index (χ0n) is 81.9. The average molecular weight is 2030 g/mol. The standard InChI is InChI=1S/C17H20ClF3N4O2.C17H23ClN4O2.C17H21ClN4O.C16H23ClN4O.C15H21ClN4O.C15H19ClN4O/c1-16(2)7-3-4-10(27-16)8-13(26)24-15-22-11-5-6-12(18)23-14(11)25(15)9-17(19,20)21;1-17(2,3)10-14(23)21-16-19-12-4-5-13(18)20-15(12)22(16)11-6-8-24-9-7-11;1-2-11-22-16-13(8-9-14(18)20-16)19-17(22)21-15(23)10-7-12-5-3-4-6-12;1-15(2,3)9-12(22)20-14-18-10-7-8-11(17)19-13(10)21(14)16(4,5)6;1-9(2)20-13-10(6-7-11(16)18-13)17-14(20)19-12(21)8-15(3,4)5;1-5-8-20-13-10(6-7-11(16)18-13)17-14(20)19-12(21)9-15(2,3)4/h5-6,10H,3-4,7-9H2,1-2H3,(H,22,24,26);4-5,11H,6-10H2,1-3H3,(H,19,21,23);2,8-9,12H,1,3-7,10-11H2,(H,19,21,23);7-8H,9H2,1-6H3,(H,18,20,22);6-7,9H,8H2,1-5H3,(H,17,19,21);5-7H,1,8-9H2,2-4H3,(H,17,19,21). The van der Waals surface area contributed by atoms with E-state index in [1.54, 1.807) is 59.2 Å². The van der Waals surface area contributed by atoms with Gasteiger partial charge in [0.2, 0.25) is 71.1 Å². The molecule has 6 amide bonds. The number of amides is 6. The maximum atomic E-state index is 13.0. The Kier molecular flexibility index (Phi) is 37.0. The van der Waals surface area contributed by atoms with E-state index in [9.17, 15) is 41.9 Å². The number of alkyl halides is 3. The van der Waals surface area contributed by atoms with Crippen molar-refractivity contribution < 1.29 is 51.4 Å². The molecule has 1 aliphatic carbocycles. The van der Waals surface area contributed by atoms with E-state index in [1.807, 2.05) is 168 Å². The number of halogens is 9. The monoisotopic (exact) mass is 2020 g/mol. The zero-order valence-corrected chi connectivity index (χ0v) is 86.4. The minimum absolute atomic E-state index is 0.00335. The van der Waals surface area contributed by atoms with Crippen molar-refractivity contribution in [3.05, 3.63) is 129 Å². The lowest BCUT2D eigenvalue weighted by Crippen LogP contribution is -2.37. The molecular formula is C97H127Cl6F3N24O8. The lowest BCUT2D eigenvalue weighted by molar-refractivity contribution is -0.140. The number of ether oxygens (including phenoxy) is 2. The van der Waals surface area contributed by atoms with Crippen LogP contribution in [0, 0.1) is 27.6 Å². The van der Waals surface area contributed by atoms with Crippen LogP contribution in [0.3, 0.4) is 0 Å². The van der Waals surface area contributed by atoms with Crippen LogP contribution in [0.1, 0.15) is 246 Å². The summed E-state index contributed by atoms with van der Waals surface area (Å²) in [5, 5.41) is 19.1. The predicted octanol–water partition coefficient (Wildman–Crippen LogP) is 24.2. The summed E-state index contributed by atoms with van der Waals surface area (Å²) < 4.78 is 60.5. The Morgan fingerprint density at radius 2 is 0.768 bits per heavy atom. The molecular weight excluding hydrogens is 1900 g/mol. The summed E-state index contributed by atoms with van der Waals surface area (Å²) in [6, 6.07) is 20.7. The number of rotatable bonds is 22. The first kappa shape index (κ1) is 109. The van der Waals surface area contributed by atoms with Crippen LogP contribution in [0.4, 0.5) is 48.9 Å². The van der Waals surface area contributed by atoms with Crippen LogP contribution in [-0.2, 0) is 63.4 Å². The minimum atomic E-state index is -4.51. The molecule has 1 unspecified atom stereocenters. The van der Waals surface area contributed by atoms with E-state index >= 15 is 0 Å². The fourth-order valence-electron chi connectivity index (χ4n) is 15.9. The van der Waals surface area contributed by atoms with Crippen LogP contribution in [0.5, 0.6) is 0 Å². The number of nitrogens with zero attached hydrogens (tertiary/aromatic N) is 18. The number of carbonyl (C=O) groups excluding carboxylic acids is 6. The molecule has 0 radical (unpaired) electrons. The summed E-state index contributed by atoms with van der Waals surface area (Å²) in [5.41, 5.74) is 6.19. The molecule has 41 heteroatoms. The number of nitrogens with one attached hydrogen (secondary N) is 6. The molecule has 6 N–H and O–H groups in total. The third-order valence-electron chi connectivity index (χ3n) is 21.6. The molecule has 14 heterocycles. The lowest BCUT2D eigenvalue weighted by Gasteiger charge is -2.35. The highest BCUT2D eigenvalue weighted by Crippen LogP contribution is 2.38. The smallest absolute Gasteiger partial charge is 0.381 e. The maximum Gasteiger partial charge on any atom is 0.406 e. The van der Waals surface area contributed by atoms with Crippen LogP contribution in [0.2, 0.25) is 30.9 Å². The molecule has 15 rings (SSSR count). The molecule has 746 valence electrons. The Labute approximate surface area is 832 Å². The van der Waals surface area contributed by atoms with Crippen molar-refractivity contribution in [1.29, 1.82) is 0 Å². The molecule has 0 spiro atoms. The number of carbonyl (C=O) groups is 6. The van der Waals surface area contributed by atoms with Gasteiger partial charge in [-0.3, -0.25) is 88.1 Å². The zero-order chi connectivity index (χ0) is 101. The Bertz CT molecular complexity index is 6330. The second-order valence-corrected chi connectivity index (χ2v) is 43.5. The Morgan fingerprint density at radius 3 is 1.18 bits per heavy atom. The van der Waals surface area contributed by atoms with Gasteiger partial charge in [0.25, 0.3) is 0 Å². The summed E-state index contributed by atoms with van der Waals surface area (Å²) in [7, 11) is 0. The molecule has 1 atom stereocenters. The molecule has 1 saturated carbocycles. The summed E-state index contributed by atoms with van der Waals surface area (Å²) in [4.78, 5) is 125. The number of imidazole rings is 6. The molecule has 0 bridgehead atoms. The van der Waals surface area contributed by atoms with Gasteiger partial charge in [-0.25, -0.2) is 59.8 Å². The number of allylic oxidation sites excluding steroid dienone is 2. The number of aromatic nitrogens is 18. The van der Waals surface area contributed by atoms with Gasteiger partial charge in [0.15, 0.2) is 33.9 Å². The third kappa shape index (κ3) is 32.5. The Morgan fingerprint density at radius 1 is 0.428 bits per heavy atom. The van der Waals surface area contributed by atoms with E-state index in [0.717, 1.165) is 54.1 Å². The van der Waals surface area contributed by atoms with Gasteiger partial charge in [-0.1, -0.05) is 191 Å². The highest BCUT2D eigenvalue weighted by molar-refractivity contribution is 6.31. The lowest BCUT2D eigenvalue weighted by atomic mass is 9.92. The van der Waals surface area contributed by atoms with Crippen LogP contribution in [-0.4, -0.2) is 154 Å². The van der Waals surface area contributed by atoms with Gasteiger partial charge in [0, 0.05) is 76.0 Å². The van der Waals surface area contributed by atoms with Crippen LogP contribution in [0.15, 0.2) is 98.1 Å². The second kappa shape index (κ2) is 46.7. The normalized spacial score (nSPS) is 14.9. The van der Waals surface area contributed by atoms with Gasteiger partial charge in [-0.2, -0.15) is 13.2 Å². The van der Waals surface area contributed by atoms with E-state index in [4.69, 9.17) is 79.1 Å². The molecule has 3 aliphatic rings. The third-order valence-corrected chi connectivity index (χ3v) is 22.8. The van der Waals surface area contributed by atoms with Crippen molar-refractivity contribution >= 4 is 208 Å². The van der Waals surface area contributed by atoms with E-state index in [1.165, 1.54) is 37.8 Å². The fourth-order valence-corrected chi connectivity index (χ4v) is 16.8. The van der Waals surface area contributed by atoms with Gasteiger partial charge in [0.05, 0.1) is 18.1 Å². The number of fused-ring (bicyclic) bond motifs is 6. The highest BCUT2D eigenvalue weighted by Gasteiger charge is 2.35. The molecule has 12 aromatic rings. The van der Waals surface area contributed by atoms with Gasteiger partial charge < -0.3 is 9.47 Å². The van der Waals surface area contributed by atoms with Gasteiger partial charge in [0.1, 0.15) is 70.6 Å². The molecule has 2 aliphatic heterocycles. The number of hydrogen-bond acceptors (Lipinski definition) is 20. The SMILES string of the molecule is C=CCn1c(NC(=O)CC(C)(C)C)nc2ccc(Cl)nc21.C=CCn1c(NC(=O)CCC2CCCC2)nc2ccc(Cl)nc21.CC(C)(C)CC(=O)Nc1nc2ccc(Cl)nc2n1C(C)(C)C.CC(C)(C)CC(=O)Nc1nc2ccc(Cl)nc2n1C1CCOCC1.CC(C)n1c(NC(=O)CC(C)(C)C)nc2ccc(Cl)nc21.CC1(C)CCCC(CC(=O)Nc2nc3ccc(Cl)nc3n2CC(F)(F)F)O1. The first-order valence-corrected chi connectivity index (χ1v) is 48.3. The topological polar surface area (TPSA) is 377 Å². The largest absolute Gasteiger partial charge is 0.406 e. The van der Waals surface area contributed by atoms with Crippen LogP contribution in [0.25, 0.3) is 67.0 Å². The van der Waals surface area contributed by atoms with Gasteiger partial charge in [-0.05, 0) is 187 Å². The minimum Gasteiger partial charge on any atom is -0.381 e. The Balaban J connectivity index is 0.000000171. The van der Waals surface area contributed by atoms with E-state index in [-0.39, 0.29) is 109 Å². The van der Waals surface area contributed by atoms with Crippen molar-refractivity contribution in [3.63, 3.8) is 0 Å². The predicted molar refractivity (Wildman–Crippen MR) is 543 cm³/mol. The molecule has 12 aromatic heterocycles. The van der Waals surface area contributed by atoms with Crippen molar-refractivity contribution in [3.8, 4) is 0 Å². The van der Waals surface area contributed by atoms with Crippen molar-refractivity contribution in [1.82, 2.24) is 87.2 Å². The average Bonchev–Trinajstić information content (AvgIpc) is 1.62. The highest BCUT2D eigenvalue weighted by atomic mass is 35.5. The summed E-state index contributed by atoms with van der Waals surface area (Å²) in [5.74, 6) is 2.35. The van der Waals surface area contributed by atoms with E-state index < -0.39 is 18.6 Å². The van der Waals surface area contributed by atoms with E-state index in [2.05, 4.69) is 105 Å².